The number of nitrogens with one attached hydrogen (secondary N) is 1. The molecule has 0 aliphatic heterocycles. The fourth-order valence-corrected chi connectivity index (χ4v) is 5.58. The molecule has 1 amide bonds. The maximum atomic E-state index is 12.5. The minimum atomic E-state index is -0.953. The van der Waals surface area contributed by atoms with Gasteiger partial charge in [-0.1, -0.05) is 66.8 Å². The number of pyridine rings is 1. The first-order chi connectivity index (χ1) is 15.8. The van der Waals surface area contributed by atoms with Crippen LogP contribution in [-0.2, 0) is 11.2 Å². The van der Waals surface area contributed by atoms with Crippen LogP contribution in [0.1, 0.15) is 54.4 Å². The number of aromatic nitrogens is 1. The van der Waals surface area contributed by atoms with Gasteiger partial charge in [-0.15, -0.1) is 0 Å². The van der Waals surface area contributed by atoms with Crippen LogP contribution in [0.3, 0.4) is 0 Å². The molecule has 2 fully saturated rings. The van der Waals surface area contributed by atoms with E-state index in [0.717, 1.165) is 41.8 Å². The molecule has 2 saturated carbocycles. The van der Waals surface area contributed by atoms with E-state index in [9.17, 15) is 14.7 Å². The largest absolute Gasteiger partial charge is 0.480 e. The zero-order valence-corrected chi connectivity index (χ0v) is 20.1. The SMILES string of the molecule is O=C(Nc1ccc(C[C@H](N=C2CC(=S)C23CCCCC3)C(=O)O)cc1)c1c(Cl)cncc1Cl. The summed E-state index contributed by atoms with van der Waals surface area (Å²) in [5, 5.41) is 12.8. The van der Waals surface area contributed by atoms with Crippen molar-refractivity contribution in [2.45, 2.75) is 51.0 Å². The summed E-state index contributed by atoms with van der Waals surface area (Å²) >= 11 is 17.6. The second-order valence-electron chi connectivity index (χ2n) is 8.51. The van der Waals surface area contributed by atoms with Gasteiger partial charge in [-0.25, -0.2) is 4.79 Å². The Morgan fingerprint density at radius 3 is 2.33 bits per heavy atom. The number of benzene rings is 1. The Morgan fingerprint density at radius 1 is 1.12 bits per heavy atom. The first-order valence-corrected chi connectivity index (χ1v) is 12.0. The van der Waals surface area contributed by atoms with Crippen LogP contribution in [0.2, 0.25) is 10.0 Å². The minimum Gasteiger partial charge on any atom is -0.480 e. The summed E-state index contributed by atoms with van der Waals surface area (Å²) in [6, 6.07) is 6.12. The Kier molecular flexibility index (Phi) is 7.12. The van der Waals surface area contributed by atoms with Gasteiger partial charge in [-0.05, 0) is 30.5 Å². The molecule has 4 rings (SSSR count). The number of nitrogens with zero attached hydrogens (tertiary/aromatic N) is 2. The number of thiocarbonyl (C=S) groups is 1. The standard InChI is InChI=1S/C24H23Cl2N3O3S/c25-16-12-27-13-17(26)21(16)22(30)28-15-6-4-14(5-7-15)10-18(23(31)32)29-19-11-20(33)24(19)8-2-1-3-9-24/h4-7,12-13,18H,1-3,8-11H2,(H,28,30)(H,31,32)/t18-/m0/s1. The Labute approximate surface area is 207 Å². The highest BCUT2D eigenvalue weighted by Gasteiger charge is 2.49. The molecule has 2 aliphatic carbocycles. The second kappa shape index (κ2) is 9.87. The van der Waals surface area contributed by atoms with Crippen LogP contribution in [0.25, 0.3) is 0 Å². The van der Waals surface area contributed by atoms with E-state index in [1.807, 2.05) is 0 Å². The summed E-state index contributed by atoms with van der Waals surface area (Å²) in [4.78, 5) is 34.0. The lowest BCUT2D eigenvalue weighted by molar-refractivity contribution is -0.138. The maximum Gasteiger partial charge on any atom is 0.328 e. The number of hydrogen-bond donors (Lipinski definition) is 2. The third-order valence-corrected chi connectivity index (χ3v) is 7.55. The van der Waals surface area contributed by atoms with Gasteiger partial charge >= 0.3 is 5.97 Å². The number of carboxylic acids is 1. The quantitative estimate of drug-likeness (QED) is 0.485. The molecule has 172 valence electrons. The van der Waals surface area contributed by atoms with Crippen molar-refractivity contribution in [1.82, 2.24) is 4.98 Å². The summed E-state index contributed by atoms with van der Waals surface area (Å²) in [6.45, 7) is 0. The van der Waals surface area contributed by atoms with Crippen LogP contribution >= 0.6 is 35.4 Å². The van der Waals surface area contributed by atoms with Crippen molar-refractivity contribution in [3.8, 4) is 0 Å². The maximum absolute atomic E-state index is 12.5. The van der Waals surface area contributed by atoms with E-state index < -0.39 is 17.9 Å². The van der Waals surface area contributed by atoms with Crippen molar-refractivity contribution in [1.29, 1.82) is 0 Å². The highest BCUT2D eigenvalue weighted by Crippen LogP contribution is 2.48. The Hall–Kier alpha value is -2.35. The molecular formula is C24H23Cl2N3O3S. The molecule has 0 radical (unpaired) electrons. The van der Waals surface area contributed by atoms with Gasteiger partial charge in [0.25, 0.3) is 5.91 Å². The molecule has 9 heteroatoms. The molecule has 1 atom stereocenters. The number of anilines is 1. The summed E-state index contributed by atoms with van der Waals surface area (Å²) in [7, 11) is 0. The van der Waals surface area contributed by atoms with Crippen LogP contribution in [0, 0.1) is 5.41 Å². The van der Waals surface area contributed by atoms with Gasteiger partial charge < -0.3 is 10.4 Å². The van der Waals surface area contributed by atoms with Crippen molar-refractivity contribution in [3.05, 3.63) is 57.8 Å². The number of carbonyl (C=O) groups excluding carboxylic acids is 1. The number of hydrogen-bond acceptors (Lipinski definition) is 5. The molecule has 2 N–H and O–H groups in total. The van der Waals surface area contributed by atoms with Crippen molar-refractivity contribution in [2.24, 2.45) is 10.4 Å². The average molecular weight is 504 g/mol. The van der Waals surface area contributed by atoms with Crippen molar-refractivity contribution >= 4 is 63.6 Å². The molecular weight excluding hydrogens is 481 g/mol. The summed E-state index contributed by atoms with van der Waals surface area (Å²) < 4.78 is 0. The first-order valence-electron chi connectivity index (χ1n) is 10.8. The molecule has 1 spiro atoms. The number of amides is 1. The summed E-state index contributed by atoms with van der Waals surface area (Å²) in [5.41, 5.74) is 2.30. The molecule has 6 nitrogen and oxygen atoms in total. The minimum absolute atomic E-state index is 0.147. The third-order valence-electron chi connectivity index (χ3n) is 6.44. The lowest BCUT2D eigenvalue weighted by Gasteiger charge is -2.47. The predicted molar refractivity (Wildman–Crippen MR) is 134 cm³/mol. The molecule has 0 bridgehead atoms. The smallest absolute Gasteiger partial charge is 0.328 e. The molecule has 1 aromatic carbocycles. The van der Waals surface area contributed by atoms with Gasteiger partial charge in [0.05, 0.1) is 15.6 Å². The molecule has 2 aromatic rings. The van der Waals surface area contributed by atoms with E-state index >= 15 is 0 Å². The fourth-order valence-electron chi connectivity index (χ4n) is 4.58. The van der Waals surface area contributed by atoms with Gasteiger partial charge in [0, 0.05) is 46.9 Å². The van der Waals surface area contributed by atoms with Crippen molar-refractivity contribution in [3.63, 3.8) is 0 Å². The van der Waals surface area contributed by atoms with Gasteiger partial charge in [-0.2, -0.15) is 0 Å². The van der Waals surface area contributed by atoms with E-state index in [2.05, 4.69) is 15.3 Å². The van der Waals surface area contributed by atoms with Crippen molar-refractivity contribution < 1.29 is 14.7 Å². The number of halogens is 2. The first kappa shape index (κ1) is 23.8. The highest BCUT2D eigenvalue weighted by atomic mass is 35.5. The lowest BCUT2D eigenvalue weighted by atomic mass is 9.59. The number of carboxylic acid groups (broad SMARTS) is 1. The average Bonchev–Trinajstić information content (AvgIpc) is 2.79. The van der Waals surface area contributed by atoms with Crippen molar-refractivity contribution in [2.75, 3.05) is 5.32 Å². The monoisotopic (exact) mass is 503 g/mol. The molecule has 2 aliphatic rings. The van der Waals surface area contributed by atoms with E-state index in [0.29, 0.717) is 12.1 Å². The van der Waals surface area contributed by atoms with Gasteiger partial charge in [0.2, 0.25) is 0 Å². The lowest BCUT2D eigenvalue weighted by Crippen LogP contribution is -2.51. The van der Waals surface area contributed by atoms with Gasteiger partial charge in [0.1, 0.15) is 0 Å². The number of aliphatic carboxylic acids is 1. The summed E-state index contributed by atoms with van der Waals surface area (Å²) in [6.07, 6.45) is 8.98. The molecule has 0 saturated heterocycles. The van der Waals surface area contributed by atoms with Gasteiger partial charge in [0.15, 0.2) is 6.04 Å². The van der Waals surface area contributed by atoms with Crippen LogP contribution in [-0.4, -0.2) is 38.6 Å². The Balaban J connectivity index is 1.45. The van der Waals surface area contributed by atoms with E-state index in [1.165, 1.54) is 18.8 Å². The third kappa shape index (κ3) is 4.95. The zero-order chi connectivity index (χ0) is 23.6. The number of carbonyl (C=O) groups is 2. The van der Waals surface area contributed by atoms with E-state index in [1.54, 1.807) is 24.3 Å². The topological polar surface area (TPSA) is 91.7 Å². The van der Waals surface area contributed by atoms with Crippen LogP contribution in [0.15, 0.2) is 41.7 Å². The second-order valence-corrected chi connectivity index (χ2v) is 9.81. The van der Waals surface area contributed by atoms with Crippen LogP contribution in [0.5, 0.6) is 0 Å². The summed E-state index contributed by atoms with van der Waals surface area (Å²) in [5.74, 6) is -1.40. The van der Waals surface area contributed by atoms with E-state index in [4.69, 9.17) is 35.4 Å². The highest BCUT2D eigenvalue weighted by molar-refractivity contribution is 7.80. The molecule has 0 unspecified atom stereocenters. The Bertz CT molecular complexity index is 1110. The molecule has 1 aromatic heterocycles. The van der Waals surface area contributed by atoms with Gasteiger partial charge in [-0.3, -0.25) is 14.8 Å². The zero-order valence-electron chi connectivity index (χ0n) is 17.8. The number of rotatable bonds is 6. The Morgan fingerprint density at radius 2 is 1.76 bits per heavy atom. The number of aliphatic imine (C=N–C) groups is 1. The molecule has 33 heavy (non-hydrogen) atoms. The van der Waals surface area contributed by atoms with Crippen LogP contribution < -0.4 is 5.32 Å². The van der Waals surface area contributed by atoms with Crippen LogP contribution in [0.4, 0.5) is 5.69 Å². The molecule has 1 heterocycles. The predicted octanol–water partition coefficient (Wildman–Crippen LogP) is 5.80. The normalized spacial score (nSPS) is 19.2. The van der Waals surface area contributed by atoms with E-state index in [-0.39, 0.29) is 27.4 Å². The fraction of sp³-hybridized carbons (Fsp3) is 0.375.